The maximum atomic E-state index is 7.47. The molecule has 0 saturated heterocycles. The van der Waals surface area contributed by atoms with Crippen molar-refractivity contribution >= 4 is 11.5 Å². The summed E-state index contributed by atoms with van der Waals surface area (Å²) in [6.45, 7) is 1.09. The Morgan fingerprint density at radius 3 is 2.78 bits per heavy atom. The van der Waals surface area contributed by atoms with E-state index in [0.29, 0.717) is 0 Å². The highest BCUT2D eigenvalue weighted by molar-refractivity contribution is 5.95. The summed E-state index contributed by atoms with van der Waals surface area (Å²) in [4.78, 5) is 2.27. The molecule has 98 valence electrons. The Bertz CT molecular complexity index is 408. The van der Waals surface area contributed by atoms with Crippen molar-refractivity contribution in [2.75, 3.05) is 18.5 Å². The Labute approximate surface area is 109 Å². The molecule has 3 heteroatoms. The molecular formula is C15H23N3. The number of nitrogens with one attached hydrogen (secondary N) is 1. The van der Waals surface area contributed by atoms with Crippen LogP contribution in [0.1, 0.15) is 37.7 Å². The lowest BCUT2D eigenvalue weighted by Gasteiger charge is -2.21. The third-order valence-corrected chi connectivity index (χ3v) is 3.95. The smallest absolute Gasteiger partial charge is 0.122 e. The molecule has 0 heterocycles. The summed E-state index contributed by atoms with van der Waals surface area (Å²) < 4.78 is 0. The van der Waals surface area contributed by atoms with Crippen LogP contribution in [0.25, 0.3) is 0 Å². The third kappa shape index (κ3) is 3.25. The monoisotopic (exact) mass is 245 g/mol. The van der Waals surface area contributed by atoms with Gasteiger partial charge in [-0.05, 0) is 24.5 Å². The second kappa shape index (κ2) is 5.89. The molecule has 1 fully saturated rings. The van der Waals surface area contributed by atoms with Crippen LogP contribution in [0.4, 0.5) is 5.69 Å². The summed E-state index contributed by atoms with van der Waals surface area (Å²) in [5.41, 5.74) is 7.48. The van der Waals surface area contributed by atoms with E-state index >= 15 is 0 Å². The number of nitrogen functional groups attached to an aromatic ring is 1. The van der Waals surface area contributed by atoms with E-state index in [1.807, 2.05) is 18.2 Å². The molecule has 2 rings (SSSR count). The quantitative estimate of drug-likeness (QED) is 0.619. The highest BCUT2D eigenvalue weighted by atomic mass is 15.1. The normalized spacial score (nSPS) is 15.8. The number of rotatable bonds is 5. The molecule has 1 aliphatic rings. The van der Waals surface area contributed by atoms with Gasteiger partial charge in [0, 0.05) is 24.8 Å². The summed E-state index contributed by atoms with van der Waals surface area (Å²) >= 11 is 0. The number of nitrogens with zero attached hydrogens (tertiary/aromatic N) is 1. The number of hydrogen-bond acceptors (Lipinski definition) is 2. The van der Waals surface area contributed by atoms with Crippen LogP contribution in [0.3, 0.4) is 0 Å². The number of hydrogen-bond donors (Lipinski definition) is 2. The minimum Gasteiger partial charge on any atom is -0.384 e. The minimum absolute atomic E-state index is 0.140. The highest BCUT2D eigenvalue weighted by Crippen LogP contribution is 2.28. The van der Waals surface area contributed by atoms with E-state index < -0.39 is 0 Å². The van der Waals surface area contributed by atoms with Gasteiger partial charge < -0.3 is 10.6 Å². The van der Waals surface area contributed by atoms with Gasteiger partial charge in [0.1, 0.15) is 5.84 Å². The van der Waals surface area contributed by atoms with Gasteiger partial charge in [0.15, 0.2) is 0 Å². The van der Waals surface area contributed by atoms with E-state index in [0.717, 1.165) is 23.7 Å². The minimum atomic E-state index is 0.140. The molecule has 18 heavy (non-hydrogen) atoms. The summed E-state index contributed by atoms with van der Waals surface area (Å²) in [7, 11) is 2.12. The van der Waals surface area contributed by atoms with Crippen molar-refractivity contribution in [2.45, 2.75) is 32.1 Å². The largest absolute Gasteiger partial charge is 0.384 e. The molecule has 1 aliphatic carbocycles. The zero-order chi connectivity index (χ0) is 13.0. The molecule has 1 saturated carbocycles. The second-order valence-corrected chi connectivity index (χ2v) is 5.32. The first-order valence-electron chi connectivity index (χ1n) is 6.82. The van der Waals surface area contributed by atoms with Gasteiger partial charge in [-0.2, -0.15) is 0 Å². The van der Waals surface area contributed by atoms with Crippen LogP contribution in [0.5, 0.6) is 0 Å². The first-order chi connectivity index (χ1) is 8.66. The van der Waals surface area contributed by atoms with Gasteiger partial charge in [-0.25, -0.2) is 0 Å². The Hall–Kier alpha value is -1.51. The summed E-state index contributed by atoms with van der Waals surface area (Å²) in [5, 5.41) is 7.47. The van der Waals surface area contributed by atoms with E-state index in [-0.39, 0.29) is 5.84 Å². The third-order valence-electron chi connectivity index (χ3n) is 3.95. The Morgan fingerprint density at radius 2 is 2.11 bits per heavy atom. The van der Waals surface area contributed by atoms with Crippen LogP contribution >= 0.6 is 0 Å². The topological polar surface area (TPSA) is 53.1 Å². The lowest BCUT2D eigenvalue weighted by atomic mass is 10.0. The number of benzene rings is 1. The molecule has 1 aromatic carbocycles. The lowest BCUT2D eigenvalue weighted by Crippen LogP contribution is -2.21. The molecule has 0 aromatic heterocycles. The van der Waals surface area contributed by atoms with Crippen LogP contribution in [-0.4, -0.2) is 19.4 Å². The van der Waals surface area contributed by atoms with Crippen LogP contribution in [-0.2, 0) is 0 Å². The van der Waals surface area contributed by atoms with Crippen LogP contribution in [0, 0.1) is 11.3 Å². The van der Waals surface area contributed by atoms with Gasteiger partial charge >= 0.3 is 0 Å². The van der Waals surface area contributed by atoms with Crippen molar-refractivity contribution in [3.8, 4) is 0 Å². The molecule has 3 N–H and O–H groups in total. The van der Waals surface area contributed by atoms with E-state index in [4.69, 9.17) is 11.1 Å². The summed E-state index contributed by atoms with van der Waals surface area (Å²) in [5.74, 6) is 1.06. The number of anilines is 1. The number of nitrogens with two attached hydrogens (primary N) is 1. The molecule has 0 unspecified atom stereocenters. The van der Waals surface area contributed by atoms with Crippen molar-refractivity contribution in [1.29, 1.82) is 5.41 Å². The molecule has 0 bridgehead atoms. The molecular weight excluding hydrogens is 222 g/mol. The van der Waals surface area contributed by atoms with Crippen molar-refractivity contribution in [1.82, 2.24) is 0 Å². The molecule has 0 radical (unpaired) electrons. The standard InChI is InChI=1S/C15H23N3/c1-18(10-9-12-5-2-3-6-12)14-8-4-7-13(11-14)15(16)17/h4,7-8,11-12H,2-3,5-6,9-10H2,1H3,(H3,16,17). The van der Waals surface area contributed by atoms with Crippen molar-refractivity contribution in [2.24, 2.45) is 11.7 Å². The predicted molar refractivity (Wildman–Crippen MR) is 77.3 cm³/mol. The van der Waals surface area contributed by atoms with Gasteiger partial charge in [-0.1, -0.05) is 37.8 Å². The average molecular weight is 245 g/mol. The fourth-order valence-corrected chi connectivity index (χ4v) is 2.72. The Balaban J connectivity index is 1.93. The predicted octanol–water partition coefficient (Wildman–Crippen LogP) is 2.99. The van der Waals surface area contributed by atoms with Crippen LogP contribution in [0.15, 0.2) is 24.3 Å². The first kappa shape index (κ1) is 12.9. The highest BCUT2D eigenvalue weighted by Gasteiger charge is 2.15. The van der Waals surface area contributed by atoms with Crippen molar-refractivity contribution in [3.63, 3.8) is 0 Å². The zero-order valence-corrected chi connectivity index (χ0v) is 11.2. The van der Waals surface area contributed by atoms with Gasteiger partial charge in [0.25, 0.3) is 0 Å². The fraction of sp³-hybridized carbons (Fsp3) is 0.533. The van der Waals surface area contributed by atoms with Crippen molar-refractivity contribution in [3.05, 3.63) is 29.8 Å². The van der Waals surface area contributed by atoms with E-state index in [9.17, 15) is 0 Å². The Kier molecular flexibility index (Phi) is 4.24. The van der Waals surface area contributed by atoms with Gasteiger partial charge in [-0.3, -0.25) is 5.41 Å². The van der Waals surface area contributed by atoms with Gasteiger partial charge in [0.05, 0.1) is 0 Å². The lowest BCUT2D eigenvalue weighted by molar-refractivity contribution is 0.505. The molecule has 0 amide bonds. The van der Waals surface area contributed by atoms with Gasteiger partial charge in [0.2, 0.25) is 0 Å². The summed E-state index contributed by atoms with van der Waals surface area (Å²) in [6.07, 6.45) is 6.91. The van der Waals surface area contributed by atoms with Crippen LogP contribution < -0.4 is 10.6 Å². The molecule has 3 nitrogen and oxygen atoms in total. The number of amidine groups is 1. The molecule has 0 atom stereocenters. The van der Waals surface area contributed by atoms with E-state index in [1.54, 1.807) is 0 Å². The van der Waals surface area contributed by atoms with Gasteiger partial charge in [-0.15, -0.1) is 0 Å². The second-order valence-electron chi connectivity index (χ2n) is 5.32. The first-order valence-corrected chi connectivity index (χ1v) is 6.82. The average Bonchev–Trinajstić information content (AvgIpc) is 2.89. The van der Waals surface area contributed by atoms with Crippen molar-refractivity contribution < 1.29 is 0 Å². The fourth-order valence-electron chi connectivity index (χ4n) is 2.72. The SMILES string of the molecule is CN(CCC1CCCC1)c1cccc(C(=N)N)c1. The van der Waals surface area contributed by atoms with Crippen LogP contribution in [0.2, 0.25) is 0 Å². The van der Waals surface area contributed by atoms with E-state index in [2.05, 4.69) is 18.0 Å². The molecule has 1 aromatic rings. The Morgan fingerprint density at radius 1 is 1.39 bits per heavy atom. The maximum absolute atomic E-state index is 7.47. The zero-order valence-electron chi connectivity index (χ0n) is 11.2. The van der Waals surface area contributed by atoms with E-state index in [1.165, 1.54) is 32.1 Å². The molecule has 0 spiro atoms. The maximum Gasteiger partial charge on any atom is 0.122 e. The molecule has 0 aliphatic heterocycles. The summed E-state index contributed by atoms with van der Waals surface area (Å²) in [6, 6.07) is 7.94.